The fourth-order valence-electron chi connectivity index (χ4n) is 3.20. The van der Waals surface area contributed by atoms with Crippen LogP contribution >= 0.6 is 0 Å². The lowest BCUT2D eigenvalue weighted by molar-refractivity contribution is -0.116. The number of hydrogen-bond donors (Lipinski definition) is 1. The number of carbonyl (C=O) groups excluding carboxylic acids is 1. The predicted octanol–water partition coefficient (Wildman–Crippen LogP) is 3.73. The molecule has 7 nitrogen and oxygen atoms in total. The summed E-state index contributed by atoms with van der Waals surface area (Å²) >= 11 is 0. The fraction of sp³-hybridized carbons (Fsp3) is 0.238. The van der Waals surface area contributed by atoms with Crippen molar-refractivity contribution in [1.29, 1.82) is 0 Å². The lowest BCUT2D eigenvalue weighted by Crippen LogP contribution is -2.13. The molecule has 4 rings (SSSR count). The van der Waals surface area contributed by atoms with Crippen molar-refractivity contribution in [1.82, 2.24) is 24.8 Å². The van der Waals surface area contributed by atoms with E-state index in [-0.39, 0.29) is 5.91 Å². The van der Waals surface area contributed by atoms with Gasteiger partial charge < -0.3 is 9.88 Å². The SMILES string of the molecule is CCn1ccc2cc(NC(=O)CCCn3nnc(-c4ccccc4)n3)ccc21. The van der Waals surface area contributed by atoms with E-state index >= 15 is 0 Å². The van der Waals surface area contributed by atoms with Gasteiger partial charge in [-0.1, -0.05) is 30.3 Å². The monoisotopic (exact) mass is 374 g/mol. The first-order valence-corrected chi connectivity index (χ1v) is 9.45. The number of rotatable bonds is 7. The Kier molecular flexibility index (Phi) is 5.14. The van der Waals surface area contributed by atoms with Gasteiger partial charge in [-0.25, -0.2) is 0 Å². The number of nitrogens with zero attached hydrogens (tertiary/aromatic N) is 5. The predicted molar refractivity (Wildman–Crippen MR) is 109 cm³/mol. The second kappa shape index (κ2) is 8.04. The molecular weight excluding hydrogens is 352 g/mol. The summed E-state index contributed by atoms with van der Waals surface area (Å²) in [6.45, 7) is 3.59. The number of anilines is 1. The van der Waals surface area contributed by atoms with Crippen molar-refractivity contribution in [3.8, 4) is 11.4 Å². The number of fused-ring (bicyclic) bond motifs is 1. The molecule has 4 aromatic rings. The molecule has 0 radical (unpaired) electrons. The standard InChI is InChI=1S/C21H22N6O/c1-2-26-14-12-17-15-18(10-11-19(17)26)22-20(28)9-6-13-27-24-21(23-25-27)16-7-4-3-5-8-16/h3-5,7-8,10-12,14-15H,2,6,9,13H2,1H3,(H,22,28). The Morgan fingerprint density at radius 2 is 1.96 bits per heavy atom. The van der Waals surface area contributed by atoms with Gasteiger partial charge >= 0.3 is 0 Å². The number of carbonyl (C=O) groups is 1. The zero-order valence-corrected chi connectivity index (χ0v) is 15.7. The maximum absolute atomic E-state index is 12.2. The van der Waals surface area contributed by atoms with Gasteiger partial charge in [0.15, 0.2) is 0 Å². The van der Waals surface area contributed by atoms with E-state index in [9.17, 15) is 4.79 Å². The smallest absolute Gasteiger partial charge is 0.224 e. The molecule has 0 saturated heterocycles. The molecule has 28 heavy (non-hydrogen) atoms. The van der Waals surface area contributed by atoms with Gasteiger partial charge in [0.2, 0.25) is 11.7 Å². The van der Waals surface area contributed by atoms with Crippen molar-refractivity contribution in [2.45, 2.75) is 32.9 Å². The number of aromatic nitrogens is 5. The molecule has 0 aliphatic rings. The van der Waals surface area contributed by atoms with Crippen LogP contribution in [-0.4, -0.2) is 30.7 Å². The Balaban J connectivity index is 1.30. The van der Waals surface area contributed by atoms with Crippen LogP contribution in [0.15, 0.2) is 60.8 Å². The number of tetrazole rings is 1. The topological polar surface area (TPSA) is 77.6 Å². The van der Waals surface area contributed by atoms with E-state index in [0.717, 1.165) is 23.2 Å². The van der Waals surface area contributed by atoms with Crippen molar-refractivity contribution in [3.05, 3.63) is 60.8 Å². The fourth-order valence-corrected chi connectivity index (χ4v) is 3.20. The van der Waals surface area contributed by atoms with Gasteiger partial charge in [-0.15, -0.1) is 10.2 Å². The normalized spacial score (nSPS) is 11.0. The second-order valence-electron chi connectivity index (χ2n) is 6.60. The van der Waals surface area contributed by atoms with Crippen LogP contribution in [-0.2, 0) is 17.9 Å². The lowest BCUT2D eigenvalue weighted by atomic mass is 10.2. The number of aryl methyl sites for hydroxylation is 2. The zero-order chi connectivity index (χ0) is 19.3. The third-order valence-electron chi connectivity index (χ3n) is 4.64. The lowest BCUT2D eigenvalue weighted by Gasteiger charge is -2.06. The summed E-state index contributed by atoms with van der Waals surface area (Å²) in [5.74, 6) is 0.579. The summed E-state index contributed by atoms with van der Waals surface area (Å²) in [7, 11) is 0. The van der Waals surface area contributed by atoms with E-state index < -0.39 is 0 Å². The van der Waals surface area contributed by atoms with Gasteiger partial charge in [-0.05, 0) is 42.8 Å². The van der Waals surface area contributed by atoms with E-state index in [1.165, 1.54) is 10.3 Å². The van der Waals surface area contributed by atoms with E-state index in [2.05, 4.69) is 44.5 Å². The zero-order valence-electron chi connectivity index (χ0n) is 15.7. The van der Waals surface area contributed by atoms with Crippen LogP contribution in [0.5, 0.6) is 0 Å². The molecular formula is C21H22N6O. The van der Waals surface area contributed by atoms with Gasteiger partial charge in [-0.3, -0.25) is 4.79 Å². The van der Waals surface area contributed by atoms with Crippen LogP contribution in [0.4, 0.5) is 5.69 Å². The molecule has 0 unspecified atom stereocenters. The summed E-state index contributed by atoms with van der Waals surface area (Å²) in [4.78, 5) is 13.8. The first kappa shape index (κ1) is 17.9. The van der Waals surface area contributed by atoms with Crippen LogP contribution in [0.3, 0.4) is 0 Å². The Labute approximate surface area is 163 Å². The van der Waals surface area contributed by atoms with Crippen LogP contribution in [0.2, 0.25) is 0 Å². The highest BCUT2D eigenvalue weighted by Gasteiger charge is 2.08. The Bertz CT molecular complexity index is 1080. The molecule has 1 N–H and O–H groups in total. The molecule has 1 amide bonds. The third-order valence-corrected chi connectivity index (χ3v) is 4.64. The van der Waals surface area contributed by atoms with Crippen LogP contribution < -0.4 is 5.32 Å². The average molecular weight is 374 g/mol. The van der Waals surface area contributed by atoms with E-state index in [1.54, 1.807) is 0 Å². The quantitative estimate of drug-likeness (QED) is 0.535. The van der Waals surface area contributed by atoms with Crippen molar-refractivity contribution in [3.63, 3.8) is 0 Å². The van der Waals surface area contributed by atoms with Gasteiger partial charge in [0.25, 0.3) is 0 Å². The molecule has 0 fully saturated rings. The minimum Gasteiger partial charge on any atom is -0.348 e. The largest absolute Gasteiger partial charge is 0.348 e. The number of hydrogen-bond acceptors (Lipinski definition) is 4. The first-order valence-electron chi connectivity index (χ1n) is 9.45. The van der Waals surface area contributed by atoms with Crippen LogP contribution in [0.25, 0.3) is 22.3 Å². The molecule has 2 heterocycles. The van der Waals surface area contributed by atoms with Gasteiger partial charge in [0, 0.05) is 41.3 Å². The molecule has 0 spiro atoms. The van der Waals surface area contributed by atoms with Crippen molar-refractivity contribution in [2.75, 3.05) is 5.32 Å². The molecule has 0 aliphatic heterocycles. The maximum Gasteiger partial charge on any atom is 0.224 e. The second-order valence-corrected chi connectivity index (χ2v) is 6.60. The molecule has 7 heteroatoms. The van der Waals surface area contributed by atoms with E-state index in [4.69, 9.17) is 0 Å². The molecule has 2 aromatic heterocycles. The minimum absolute atomic E-state index is 0.0160. The molecule has 142 valence electrons. The van der Waals surface area contributed by atoms with Crippen molar-refractivity contribution < 1.29 is 4.79 Å². The van der Waals surface area contributed by atoms with E-state index in [0.29, 0.717) is 25.2 Å². The van der Waals surface area contributed by atoms with Crippen molar-refractivity contribution in [2.24, 2.45) is 0 Å². The average Bonchev–Trinajstić information content (AvgIpc) is 3.35. The summed E-state index contributed by atoms with van der Waals surface area (Å²) in [5.41, 5.74) is 2.92. The number of amides is 1. The molecule has 0 atom stereocenters. The Morgan fingerprint density at radius 3 is 2.79 bits per heavy atom. The Morgan fingerprint density at radius 1 is 1.11 bits per heavy atom. The molecule has 2 aromatic carbocycles. The van der Waals surface area contributed by atoms with E-state index in [1.807, 2.05) is 48.5 Å². The highest BCUT2D eigenvalue weighted by Crippen LogP contribution is 2.20. The molecule has 0 aliphatic carbocycles. The van der Waals surface area contributed by atoms with Crippen LogP contribution in [0.1, 0.15) is 19.8 Å². The van der Waals surface area contributed by atoms with Gasteiger partial charge in [0.1, 0.15) is 0 Å². The summed E-state index contributed by atoms with van der Waals surface area (Å²) in [6.07, 6.45) is 3.10. The maximum atomic E-state index is 12.2. The summed E-state index contributed by atoms with van der Waals surface area (Å²) in [5, 5.41) is 16.6. The van der Waals surface area contributed by atoms with Crippen LogP contribution in [0, 0.1) is 0 Å². The molecule has 0 bridgehead atoms. The highest BCUT2D eigenvalue weighted by atomic mass is 16.1. The van der Waals surface area contributed by atoms with Gasteiger partial charge in [-0.2, -0.15) is 4.80 Å². The highest BCUT2D eigenvalue weighted by molar-refractivity contribution is 5.93. The third kappa shape index (κ3) is 3.93. The minimum atomic E-state index is -0.0160. The molecule has 0 saturated carbocycles. The summed E-state index contributed by atoms with van der Waals surface area (Å²) < 4.78 is 2.18. The summed E-state index contributed by atoms with van der Waals surface area (Å²) in [6, 6.07) is 17.8. The number of benzene rings is 2. The van der Waals surface area contributed by atoms with Crippen molar-refractivity contribution >= 4 is 22.5 Å². The Hall–Kier alpha value is -3.48. The first-order chi connectivity index (χ1) is 13.7. The van der Waals surface area contributed by atoms with Gasteiger partial charge in [0.05, 0.1) is 6.54 Å². The number of nitrogens with one attached hydrogen (secondary N) is 1.